The van der Waals surface area contributed by atoms with Crippen LogP contribution in [0.4, 0.5) is 0 Å². The Kier molecular flexibility index (Phi) is 3.89. The van der Waals surface area contributed by atoms with Crippen molar-refractivity contribution in [2.75, 3.05) is 0 Å². The first-order chi connectivity index (χ1) is 7.65. The fourth-order valence-electron chi connectivity index (χ4n) is 1.29. The van der Waals surface area contributed by atoms with Crippen LogP contribution >= 0.6 is 43.2 Å². The number of thiazole rings is 1. The summed E-state index contributed by atoms with van der Waals surface area (Å²) < 4.78 is 1.79. The standard InChI is InChI=1S/C11H7Br2NOS/c12-8-3-7(4-9(13)5-8)10(15)6-11-14-1-2-16-11/h1-5H,6H2. The Bertz CT molecular complexity index is 490. The summed E-state index contributed by atoms with van der Waals surface area (Å²) in [7, 11) is 0. The molecule has 2 nitrogen and oxygen atoms in total. The van der Waals surface area contributed by atoms with E-state index in [4.69, 9.17) is 0 Å². The number of halogens is 2. The van der Waals surface area contributed by atoms with E-state index in [9.17, 15) is 4.79 Å². The number of Topliss-reactive ketones (excluding diaryl/α,β-unsaturated/α-hetero) is 1. The molecule has 0 atom stereocenters. The number of rotatable bonds is 3. The van der Waals surface area contributed by atoms with Crippen molar-refractivity contribution in [1.82, 2.24) is 4.98 Å². The van der Waals surface area contributed by atoms with Gasteiger partial charge in [-0.1, -0.05) is 31.9 Å². The second kappa shape index (κ2) is 5.21. The van der Waals surface area contributed by atoms with Gasteiger partial charge in [0.25, 0.3) is 0 Å². The minimum Gasteiger partial charge on any atom is -0.294 e. The molecule has 0 bridgehead atoms. The molecule has 16 heavy (non-hydrogen) atoms. The lowest BCUT2D eigenvalue weighted by Gasteiger charge is -2.01. The lowest BCUT2D eigenvalue weighted by molar-refractivity contribution is 0.0993. The summed E-state index contributed by atoms with van der Waals surface area (Å²) in [6.45, 7) is 0. The largest absolute Gasteiger partial charge is 0.294 e. The van der Waals surface area contributed by atoms with E-state index in [0.717, 1.165) is 14.0 Å². The minimum absolute atomic E-state index is 0.0805. The van der Waals surface area contributed by atoms with Crippen LogP contribution in [0.25, 0.3) is 0 Å². The summed E-state index contributed by atoms with van der Waals surface area (Å²) in [5, 5.41) is 2.72. The summed E-state index contributed by atoms with van der Waals surface area (Å²) in [6.07, 6.45) is 2.07. The van der Waals surface area contributed by atoms with Gasteiger partial charge in [0, 0.05) is 26.1 Å². The molecule has 0 unspecified atom stereocenters. The van der Waals surface area contributed by atoms with E-state index in [1.165, 1.54) is 11.3 Å². The van der Waals surface area contributed by atoms with Crippen LogP contribution in [0, 0.1) is 0 Å². The minimum atomic E-state index is 0.0805. The quantitative estimate of drug-likeness (QED) is 0.771. The number of hydrogen-bond donors (Lipinski definition) is 0. The molecule has 0 amide bonds. The number of carbonyl (C=O) groups excluding carboxylic acids is 1. The number of hydrogen-bond acceptors (Lipinski definition) is 3. The van der Waals surface area contributed by atoms with Crippen molar-refractivity contribution in [3.63, 3.8) is 0 Å². The predicted octanol–water partition coefficient (Wildman–Crippen LogP) is 4.09. The Morgan fingerprint density at radius 1 is 1.25 bits per heavy atom. The van der Waals surface area contributed by atoms with Gasteiger partial charge in [0.05, 0.1) is 6.42 Å². The maximum Gasteiger partial charge on any atom is 0.169 e. The molecule has 1 heterocycles. The average Bonchev–Trinajstić information content (AvgIpc) is 2.68. The van der Waals surface area contributed by atoms with E-state index in [1.54, 1.807) is 6.20 Å². The summed E-state index contributed by atoms with van der Waals surface area (Å²) >= 11 is 8.23. The molecule has 1 aromatic heterocycles. The highest BCUT2D eigenvalue weighted by Gasteiger charge is 2.10. The molecule has 2 rings (SSSR count). The summed E-state index contributed by atoms with van der Waals surface area (Å²) in [6, 6.07) is 5.54. The molecular weight excluding hydrogens is 354 g/mol. The maximum atomic E-state index is 11.9. The Morgan fingerprint density at radius 2 is 1.94 bits per heavy atom. The molecule has 0 saturated carbocycles. The molecule has 82 valence electrons. The van der Waals surface area contributed by atoms with E-state index in [0.29, 0.717) is 12.0 Å². The van der Waals surface area contributed by atoms with Gasteiger partial charge in [-0.2, -0.15) is 0 Å². The molecule has 0 aliphatic carbocycles. The van der Waals surface area contributed by atoms with Crippen molar-refractivity contribution >= 4 is 49.0 Å². The van der Waals surface area contributed by atoms with E-state index in [-0.39, 0.29) is 5.78 Å². The molecule has 0 fully saturated rings. The van der Waals surface area contributed by atoms with Crippen LogP contribution in [0.5, 0.6) is 0 Å². The van der Waals surface area contributed by atoms with Crippen LogP contribution in [0.15, 0.2) is 38.7 Å². The molecule has 0 radical (unpaired) electrons. The topological polar surface area (TPSA) is 30.0 Å². The van der Waals surface area contributed by atoms with Crippen LogP contribution in [0.1, 0.15) is 15.4 Å². The van der Waals surface area contributed by atoms with Crippen LogP contribution in [-0.4, -0.2) is 10.8 Å². The Morgan fingerprint density at radius 3 is 2.50 bits per heavy atom. The van der Waals surface area contributed by atoms with Crippen molar-refractivity contribution in [2.45, 2.75) is 6.42 Å². The molecule has 2 aromatic rings. The normalized spacial score (nSPS) is 10.4. The highest BCUT2D eigenvalue weighted by atomic mass is 79.9. The van der Waals surface area contributed by atoms with E-state index >= 15 is 0 Å². The molecular formula is C11H7Br2NOS. The molecule has 0 spiro atoms. The third-order valence-electron chi connectivity index (χ3n) is 1.98. The molecule has 0 aliphatic heterocycles. The summed E-state index contributed by atoms with van der Waals surface area (Å²) in [4.78, 5) is 16.0. The fourth-order valence-corrected chi connectivity index (χ4v) is 3.20. The number of aromatic nitrogens is 1. The second-order valence-corrected chi connectivity index (χ2v) is 5.99. The summed E-state index contributed by atoms with van der Waals surface area (Å²) in [5.74, 6) is 0.0805. The van der Waals surface area contributed by atoms with Gasteiger partial charge < -0.3 is 0 Å². The monoisotopic (exact) mass is 359 g/mol. The highest BCUT2D eigenvalue weighted by molar-refractivity contribution is 9.11. The zero-order valence-electron chi connectivity index (χ0n) is 8.11. The van der Waals surface area contributed by atoms with Crippen LogP contribution in [0.3, 0.4) is 0 Å². The lowest BCUT2D eigenvalue weighted by atomic mass is 10.1. The number of benzene rings is 1. The van der Waals surface area contributed by atoms with Crippen LogP contribution < -0.4 is 0 Å². The van der Waals surface area contributed by atoms with E-state index in [1.807, 2.05) is 23.6 Å². The highest BCUT2D eigenvalue weighted by Crippen LogP contribution is 2.21. The number of ketones is 1. The van der Waals surface area contributed by atoms with Crippen LogP contribution in [-0.2, 0) is 6.42 Å². The maximum absolute atomic E-state index is 11.9. The SMILES string of the molecule is O=C(Cc1nccs1)c1cc(Br)cc(Br)c1. The van der Waals surface area contributed by atoms with Gasteiger partial charge in [-0.15, -0.1) is 11.3 Å². The third-order valence-corrected chi connectivity index (χ3v) is 3.68. The molecule has 0 saturated heterocycles. The average molecular weight is 361 g/mol. The van der Waals surface area contributed by atoms with E-state index < -0.39 is 0 Å². The van der Waals surface area contributed by atoms with Gasteiger partial charge in [0.15, 0.2) is 5.78 Å². The molecule has 5 heteroatoms. The third kappa shape index (κ3) is 2.99. The number of carbonyl (C=O) groups is 1. The van der Waals surface area contributed by atoms with Crippen molar-refractivity contribution < 1.29 is 4.79 Å². The molecule has 0 N–H and O–H groups in total. The van der Waals surface area contributed by atoms with Gasteiger partial charge in [0.1, 0.15) is 5.01 Å². The first kappa shape index (κ1) is 12.0. The van der Waals surface area contributed by atoms with Crippen molar-refractivity contribution in [3.8, 4) is 0 Å². The number of nitrogens with zero attached hydrogens (tertiary/aromatic N) is 1. The Balaban J connectivity index is 2.21. The van der Waals surface area contributed by atoms with Gasteiger partial charge in [-0.05, 0) is 18.2 Å². The lowest BCUT2D eigenvalue weighted by Crippen LogP contribution is -2.03. The van der Waals surface area contributed by atoms with E-state index in [2.05, 4.69) is 36.8 Å². The Labute approximate surface area is 114 Å². The van der Waals surface area contributed by atoms with Gasteiger partial charge >= 0.3 is 0 Å². The molecule has 1 aromatic carbocycles. The first-order valence-electron chi connectivity index (χ1n) is 4.53. The predicted molar refractivity (Wildman–Crippen MR) is 72.0 cm³/mol. The fraction of sp³-hybridized carbons (Fsp3) is 0.0909. The zero-order chi connectivity index (χ0) is 11.5. The first-order valence-corrected chi connectivity index (χ1v) is 6.99. The second-order valence-electron chi connectivity index (χ2n) is 3.18. The van der Waals surface area contributed by atoms with Crippen LogP contribution in [0.2, 0.25) is 0 Å². The summed E-state index contributed by atoms with van der Waals surface area (Å²) in [5.41, 5.74) is 0.691. The smallest absolute Gasteiger partial charge is 0.169 e. The van der Waals surface area contributed by atoms with Gasteiger partial charge in [-0.3, -0.25) is 4.79 Å². The van der Waals surface area contributed by atoms with Crippen molar-refractivity contribution in [1.29, 1.82) is 0 Å². The van der Waals surface area contributed by atoms with Gasteiger partial charge in [0.2, 0.25) is 0 Å². The zero-order valence-corrected chi connectivity index (χ0v) is 12.1. The van der Waals surface area contributed by atoms with Crippen molar-refractivity contribution in [3.05, 3.63) is 49.3 Å². The van der Waals surface area contributed by atoms with Gasteiger partial charge in [-0.25, -0.2) is 4.98 Å². The molecule has 0 aliphatic rings. The van der Waals surface area contributed by atoms with Crippen molar-refractivity contribution in [2.24, 2.45) is 0 Å². The Hall–Kier alpha value is -0.520.